The SMILES string of the molecule is CCCNc1cc(N(CCO)C(C)C)nc(SC)n1. The Labute approximate surface area is 119 Å². The molecule has 108 valence electrons. The van der Waals surface area contributed by atoms with Crippen LogP contribution in [0.25, 0.3) is 0 Å². The average molecular weight is 284 g/mol. The highest BCUT2D eigenvalue weighted by atomic mass is 32.2. The van der Waals surface area contributed by atoms with Crippen molar-refractivity contribution in [2.45, 2.75) is 38.4 Å². The van der Waals surface area contributed by atoms with Crippen LogP contribution >= 0.6 is 11.8 Å². The van der Waals surface area contributed by atoms with Crippen LogP contribution in [0.4, 0.5) is 11.6 Å². The summed E-state index contributed by atoms with van der Waals surface area (Å²) in [5, 5.41) is 13.2. The van der Waals surface area contributed by atoms with Gasteiger partial charge in [-0.2, -0.15) is 0 Å². The number of thioether (sulfide) groups is 1. The van der Waals surface area contributed by atoms with E-state index in [0.29, 0.717) is 6.54 Å². The Kier molecular flexibility index (Phi) is 6.94. The van der Waals surface area contributed by atoms with E-state index in [0.717, 1.165) is 29.8 Å². The largest absolute Gasteiger partial charge is 0.395 e. The standard InChI is InChI=1S/C13H24N4OS/c1-5-6-14-11-9-12(16-13(15-11)19-4)17(7-8-18)10(2)3/h9-10,18H,5-8H2,1-4H3,(H,14,15,16). The number of anilines is 2. The molecule has 0 radical (unpaired) electrons. The second kappa shape index (κ2) is 8.22. The molecule has 0 aliphatic carbocycles. The fourth-order valence-electron chi connectivity index (χ4n) is 1.74. The van der Waals surface area contributed by atoms with E-state index in [4.69, 9.17) is 0 Å². The van der Waals surface area contributed by atoms with Gasteiger partial charge in [0.1, 0.15) is 11.6 Å². The van der Waals surface area contributed by atoms with E-state index in [1.165, 1.54) is 11.8 Å². The molecule has 0 saturated carbocycles. The highest BCUT2D eigenvalue weighted by Gasteiger charge is 2.14. The molecule has 1 aromatic heterocycles. The zero-order valence-corrected chi connectivity index (χ0v) is 13.0. The first kappa shape index (κ1) is 16.0. The van der Waals surface area contributed by atoms with Gasteiger partial charge in [-0.05, 0) is 26.5 Å². The van der Waals surface area contributed by atoms with Gasteiger partial charge in [-0.25, -0.2) is 9.97 Å². The lowest BCUT2D eigenvalue weighted by Gasteiger charge is -2.27. The molecule has 0 aliphatic heterocycles. The quantitative estimate of drug-likeness (QED) is 0.564. The first-order chi connectivity index (χ1) is 9.12. The van der Waals surface area contributed by atoms with E-state index in [2.05, 4.69) is 41.0 Å². The maximum absolute atomic E-state index is 9.18. The van der Waals surface area contributed by atoms with Crippen LogP contribution in [0.1, 0.15) is 27.2 Å². The number of hydrogen-bond acceptors (Lipinski definition) is 6. The molecule has 1 heterocycles. The number of rotatable bonds is 8. The van der Waals surface area contributed by atoms with Gasteiger partial charge in [0.25, 0.3) is 0 Å². The van der Waals surface area contributed by atoms with Crippen LogP contribution in [-0.4, -0.2) is 47.1 Å². The van der Waals surface area contributed by atoms with Gasteiger partial charge in [-0.1, -0.05) is 18.7 Å². The Balaban J connectivity index is 3.02. The second-order valence-corrected chi connectivity index (χ2v) is 5.31. The summed E-state index contributed by atoms with van der Waals surface area (Å²) in [6.07, 6.45) is 3.02. The van der Waals surface area contributed by atoms with Gasteiger partial charge in [-0.3, -0.25) is 0 Å². The number of aliphatic hydroxyl groups is 1. The molecule has 0 aromatic carbocycles. The summed E-state index contributed by atoms with van der Waals surface area (Å²) < 4.78 is 0. The van der Waals surface area contributed by atoms with Gasteiger partial charge in [-0.15, -0.1) is 0 Å². The maximum Gasteiger partial charge on any atom is 0.191 e. The molecule has 0 amide bonds. The van der Waals surface area contributed by atoms with Crippen molar-refractivity contribution in [3.8, 4) is 0 Å². The summed E-state index contributed by atoms with van der Waals surface area (Å²) in [5.41, 5.74) is 0. The number of nitrogens with zero attached hydrogens (tertiary/aromatic N) is 3. The van der Waals surface area contributed by atoms with Gasteiger partial charge in [0.15, 0.2) is 5.16 Å². The lowest BCUT2D eigenvalue weighted by molar-refractivity contribution is 0.298. The van der Waals surface area contributed by atoms with Crippen LogP contribution in [0.3, 0.4) is 0 Å². The third-order valence-corrected chi connectivity index (χ3v) is 3.24. The summed E-state index contributed by atoms with van der Waals surface area (Å²) in [6.45, 7) is 7.90. The lowest BCUT2D eigenvalue weighted by atomic mass is 10.3. The Hall–Kier alpha value is -1.01. The van der Waals surface area contributed by atoms with Gasteiger partial charge < -0.3 is 15.3 Å². The zero-order valence-electron chi connectivity index (χ0n) is 12.2. The molecule has 1 rings (SSSR count). The minimum atomic E-state index is 0.120. The van der Waals surface area contributed by atoms with Crippen molar-refractivity contribution in [3.63, 3.8) is 0 Å². The molecule has 0 atom stereocenters. The van der Waals surface area contributed by atoms with Crippen molar-refractivity contribution in [3.05, 3.63) is 6.07 Å². The summed E-state index contributed by atoms with van der Waals surface area (Å²) in [4.78, 5) is 11.1. The molecule has 0 spiro atoms. The fourth-order valence-corrected chi connectivity index (χ4v) is 2.11. The molecular weight excluding hydrogens is 260 g/mol. The van der Waals surface area contributed by atoms with Crippen molar-refractivity contribution in [2.24, 2.45) is 0 Å². The third-order valence-electron chi connectivity index (χ3n) is 2.69. The van der Waals surface area contributed by atoms with Crippen LogP contribution in [-0.2, 0) is 0 Å². The monoisotopic (exact) mass is 284 g/mol. The summed E-state index contributed by atoms with van der Waals surface area (Å²) in [5.74, 6) is 1.71. The van der Waals surface area contributed by atoms with Crippen molar-refractivity contribution in [1.82, 2.24) is 9.97 Å². The van der Waals surface area contributed by atoms with E-state index < -0.39 is 0 Å². The smallest absolute Gasteiger partial charge is 0.191 e. The normalized spacial score (nSPS) is 10.8. The fraction of sp³-hybridized carbons (Fsp3) is 0.692. The maximum atomic E-state index is 9.18. The topological polar surface area (TPSA) is 61.3 Å². The van der Waals surface area contributed by atoms with E-state index in [1.54, 1.807) is 0 Å². The first-order valence-corrected chi connectivity index (χ1v) is 7.89. The Morgan fingerprint density at radius 3 is 2.68 bits per heavy atom. The van der Waals surface area contributed by atoms with Gasteiger partial charge in [0.05, 0.1) is 6.61 Å². The first-order valence-electron chi connectivity index (χ1n) is 6.66. The Morgan fingerprint density at radius 1 is 1.42 bits per heavy atom. The van der Waals surface area contributed by atoms with Crippen LogP contribution in [0.2, 0.25) is 0 Å². The van der Waals surface area contributed by atoms with E-state index in [9.17, 15) is 5.11 Å². The van der Waals surface area contributed by atoms with Crippen molar-refractivity contribution < 1.29 is 5.11 Å². The number of nitrogens with one attached hydrogen (secondary N) is 1. The second-order valence-electron chi connectivity index (χ2n) is 4.54. The van der Waals surface area contributed by atoms with Crippen molar-refractivity contribution >= 4 is 23.4 Å². The highest BCUT2D eigenvalue weighted by molar-refractivity contribution is 7.98. The zero-order chi connectivity index (χ0) is 14.3. The molecule has 0 unspecified atom stereocenters. The molecular formula is C13H24N4OS. The number of aromatic nitrogens is 2. The van der Waals surface area contributed by atoms with Gasteiger partial charge in [0, 0.05) is 25.2 Å². The lowest BCUT2D eigenvalue weighted by Crippen LogP contribution is -2.34. The van der Waals surface area contributed by atoms with Crippen LogP contribution in [0.5, 0.6) is 0 Å². The van der Waals surface area contributed by atoms with E-state index in [1.807, 2.05) is 12.3 Å². The average Bonchev–Trinajstić information content (AvgIpc) is 2.41. The van der Waals surface area contributed by atoms with Crippen LogP contribution in [0.15, 0.2) is 11.2 Å². The molecule has 0 bridgehead atoms. The predicted molar refractivity (Wildman–Crippen MR) is 82.2 cm³/mol. The molecule has 0 saturated heterocycles. The van der Waals surface area contributed by atoms with Crippen LogP contribution < -0.4 is 10.2 Å². The van der Waals surface area contributed by atoms with E-state index >= 15 is 0 Å². The Bertz CT molecular complexity index is 387. The summed E-state index contributed by atoms with van der Waals surface area (Å²) in [6, 6.07) is 2.24. The summed E-state index contributed by atoms with van der Waals surface area (Å²) in [7, 11) is 0. The third kappa shape index (κ3) is 4.87. The van der Waals surface area contributed by atoms with Gasteiger partial charge >= 0.3 is 0 Å². The molecule has 0 fully saturated rings. The molecule has 19 heavy (non-hydrogen) atoms. The molecule has 0 aliphatic rings. The molecule has 5 nitrogen and oxygen atoms in total. The number of hydrogen-bond donors (Lipinski definition) is 2. The van der Waals surface area contributed by atoms with Gasteiger partial charge in [0.2, 0.25) is 0 Å². The van der Waals surface area contributed by atoms with Crippen molar-refractivity contribution in [2.75, 3.05) is 36.2 Å². The minimum Gasteiger partial charge on any atom is -0.395 e. The summed E-state index contributed by atoms with van der Waals surface area (Å²) >= 11 is 1.53. The molecule has 1 aromatic rings. The number of aliphatic hydroxyl groups excluding tert-OH is 1. The van der Waals surface area contributed by atoms with Crippen molar-refractivity contribution in [1.29, 1.82) is 0 Å². The Morgan fingerprint density at radius 2 is 2.16 bits per heavy atom. The molecule has 6 heteroatoms. The molecule has 2 N–H and O–H groups in total. The highest BCUT2D eigenvalue weighted by Crippen LogP contribution is 2.21. The predicted octanol–water partition coefficient (Wildman–Crippen LogP) is 2.23. The minimum absolute atomic E-state index is 0.120. The van der Waals surface area contributed by atoms with Crippen LogP contribution in [0, 0.1) is 0 Å². The van der Waals surface area contributed by atoms with E-state index in [-0.39, 0.29) is 12.6 Å².